The average molecular weight is 306 g/mol. The van der Waals surface area contributed by atoms with Gasteiger partial charge in [0.2, 0.25) is 0 Å². The van der Waals surface area contributed by atoms with Crippen LogP contribution in [-0.2, 0) is 9.84 Å². The van der Waals surface area contributed by atoms with Crippen LogP contribution in [0.3, 0.4) is 0 Å². The van der Waals surface area contributed by atoms with E-state index in [2.05, 4.69) is 15.9 Å². The molecule has 3 nitrogen and oxygen atoms in total. The van der Waals surface area contributed by atoms with Gasteiger partial charge in [0.25, 0.3) is 0 Å². The highest BCUT2D eigenvalue weighted by Crippen LogP contribution is 2.25. The van der Waals surface area contributed by atoms with E-state index in [9.17, 15) is 8.42 Å². The first-order chi connectivity index (χ1) is 7.38. The Morgan fingerprint density at radius 3 is 2.44 bits per heavy atom. The molecule has 0 spiro atoms. The monoisotopic (exact) mass is 305 g/mol. The van der Waals surface area contributed by atoms with Gasteiger partial charge in [-0.1, -0.05) is 28.1 Å². The van der Waals surface area contributed by atoms with Crippen LogP contribution in [0.2, 0.25) is 0 Å². The molecule has 0 radical (unpaired) electrons. The van der Waals surface area contributed by atoms with Crippen LogP contribution >= 0.6 is 15.9 Å². The lowest BCUT2D eigenvalue weighted by Crippen LogP contribution is -2.31. The predicted octanol–water partition coefficient (Wildman–Crippen LogP) is 2.31. The Labute approximate surface area is 106 Å². The first-order valence-corrected chi connectivity index (χ1v) is 7.97. The summed E-state index contributed by atoms with van der Waals surface area (Å²) >= 11 is 3.40. The van der Waals surface area contributed by atoms with Gasteiger partial charge >= 0.3 is 0 Å². The lowest BCUT2D eigenvalue weighted by atomic mass is 10.2. The van der Waals surface area contributed by atoms with Gasteiger partial charge in [-0.15, -0.1) is 0 Å². The highest BCUT2D eigenvalue weighted by Gasteiger charge is 2.17. The summed E-state index contributed by atoms with van der Waals surface area (Å²) in [6.45, 7) is 2.04. The molecule has 0 aliphatic carbocycles. The molecule has 0 fully saturated rings. The van der Waals surface area contributed by atoms with E-state index >= 15 is 0 Å². The number of hydrogen-bond donors (Lipinski definition) is 0. The number of rotatable bonds is 4. The maximum absolute atomic E-state index is 11.6. The molecule has 1 aromatic rings. The van der Waals surface area contributed by atoms with Crippen LogP contribution in [0, 0.1) is 0 Å². The van der Waals surface area contributed by atoms with Crippen molar-refractivity contribution >= 4 is 31.5 Å². The van der Waals surface area contributed by atoms with Crippen LogP contribution in [0.1, 0.15) is 6.92 Å². The molecule has 5 heteroatoms. The maximum Gasteiger partial charge on any atom is 0.177 e. The molecule has 0 aromatic heterocycles. The van der Waals surface area contributed by atoms with E-state index in [4.69, 9.17) is 0 Å². The fraction of sp³-hybridized carbons (Fsp3) is 0.455. The lowest BCUT2D eigenvalue weighted by Gasteiger charge is -2.27. The normalized spacial score (nSPS) is 13.5. The van der Waals surface area contributed by atoms with Gasteiger partial charge in [0.05, 0.1) is 10.6 Å². The number of sulfone groups is 1. The van der Waals surface area contributed by atoms with Gasteiger partial charge in [0.15, 0.2) is 9.84 Å². The molecule has 16 heavy (non-hydrogen) atoms. The molecule has 0 amide bonds. The second-order valence-corrected chi connectivity index (χ2v) is 6.49. The third kappa shape index (κ3) is 2.98. The zero-order valence-electron chi connectivity index (χ0n) is 9.64. The van der Waals surface area contributed by atoms with E-state index in [1.165, 1.54) is 6.26 Å². The van der Waals surface area contributed by atoms with Crippen molar-refractivity contribution in [3.63, 3.8) is 0 Å². The molecule has 0 bridgehead atoms. The number of nitrogens with zero attached hydrogens (tertiary/aromatic N) is 1. The molecule has 0 aliphatic heterocycles. The average Bonchev–Trinajstić information content (AvgIpc) is 2.26. The van der Waals surface area contributed by atoms with Gasteiger partial charge in [-0.2, -0.15) is 0 Å². The fourth-order valence-corrected chi connectivity index (χ4v) is 2.76. The van der Waals surface area contributed by atoms with Gasteiger partial charge in [0, 0.05) is 24.7 Å². The van der Waals surface area contributed by atoms with E-state index in [0.717, 1.165) is 11.0 Å². The van der Waals surface area contributed by atoms with E-state index in [1.807, 2.05) is 31.0 Å². The molecule has 0 N–H and O–H groups in total. The van der Waals surface area contributed by atoms with Crippen LogP contribution < -0.4 is 4.90 Å². The van der Waals surface area contributed by atoms with Crippen molar-refractivity contribution in [1.29, 1.82) is 0 Å². The molecule has 0 saturated carbocycles. The number of para-hydroxylation sites is 1. The Kier molecular flexibility index (Phi) is 4.38. The van der Waals surface area contributed by atoms with Gasteiger partial charge < -0.3 is 4.90 Å². The van der Waals surface area contributed by atoms with Crippen molar-refractivity contribution in [3.8, 4) is 0 Å². The molecular formula is C11H16BrNO2S. The van der Waals surface area contributed by atoms with Crippen molar-refractivity contribution in [1.82, 2.24) is 0 Å². The first kappa shape index (κ1) is 13.5. The quantitative estimate of drug-likeness (QED) is 0.801. The highest BCUT2D eigenvalue weighted by molar-refractivity contribution is 9.09. The summed E-state index contributed by atoms with van der Waals surface area (Å²) in [5.74, 6) is 0. The number of hydrogen-bond acceptors (Lipinski definition) is 3. The fourth-order valence-electron chi connectivity index (χ4n) is 1.40. The summed E-state index contributed by atoms with van der Waals surface area (Å²) < 4.78 is 23.3. The summed E-state index contributed by atoms with van der Waals surface area (Å²) in [5, 5.41) is 0.793. The maximum atomic E-state index is 11.6. The topological polar surface area (TPSA) is 37.4 Å². The van der Waals surface area contributed by atoms with E-state index in [-0.39, 0.29) is 6.04 Å². The Bertz CT molecular complexity index is 459. The van der Waals surface area contributed by atoms with Crippen molar-refractivity contribution in [2.45, 2.75) is 17.9 Å². The van der Waals surface area contributed by atoms with Crippen molar-refractivity contribution in [2.24, 2.45) is 0 Å². The Morgan fingerprint density at radius 2 is 1.94 bits per heavy atom. The second-order valence-electron chi connectivity index (χ2n) is 3.85. The Balaban J connectivity index is 3.24. The van der Waals surface area contributed by atoms with Crippen molar-refractivity contribution < 1.29 is 8.42 Å². The zero-order valence-corrected chi connectivity index (χ0v) is 12.0. The lowest BCUT2D eigenvalue weighted by molar-refractivity contribution is 0.601. The summed E-state index contributed by atoms with van der Waals surface area (Å²) in [7, 11) is -1.28. The highest BCUT2D eigenvalue weighted by atomic mass is 79.9. The van der Waals surface area contributed by atoms with Gasteiger partial charge in [-0.05, 0) is 19.1 Å². The second kappa shape index (κ2) is 5.19. The largest absolute Gasteiger partial charge is 0.370 e. The van der Waals surface area contributed by atoms with Crippen LogP contribution in [0.5, 0.6) is 0 Å². The molecule has 1 rings (SSSR count). The molecule has 0 heterocycles. The van der Waals surface area contributed by atoms with E-state index in [1.54, 1.807) is 12.1 Å². The third-order valence-corrected chi connectivity index (χ3v) is 4.61. The van der Waals surface area contributed by atoms with Crippen LogP contribution in [-0.4, -0.2) is 33.1 Å². The summed E-state index contributed by atoms with van der Waals surface area (Å²) in [6, 6.07) is 7.30. The van der Waals surface area contributed by atoms with Crippen LogP contribution in [0.4, 0.5) is 5.69 Å². The minimum Gasteiger partial charge on any atom is -0.370 e. The number of benzene rings is 1. The third-order valence-electron chi connectivity index (χ3n) is 2.53. The van der Waals surface area contributed by atoms with Crippen molar-refractivity contribution in [3.05, 3.63) is 24.3 Å². The van der Waals surface area contributed by atoms with Gasteiger partial charge in [-0.3, -0.25) is 0 Å². The minimum absolute atomic E-state index is 0.239. The molecular weight excluding hydrogens is 290 g/mol. The Morgan fingerprint density at radius 1 is 1.38 bits per heavy atom. The zero-order chi connectivity index (χ0) is 12.3. The molecule has 1 aromatic carbocycles. The SMILES string of the molecule is CC(CBr)N(C)c1ccccc1S(C)(=O)=O. The predicted molar refractivity (Wildman–Crippen MR) is 71.2 cm³/mol. The Hall–Kier alpha value is -0.550. The minimum atomic E-state index is -3.18. The van der Waals surface area contributed by atoms with Gasteiger partial charge in [0.1, 0.15) is 0 Å². The first-order valence-electron chi connectivity index (χ1n) is 4.95. The standard InChI is InChI=1S/C11H16BrNO2S/c1-9(8-12)13(2)10-6-4-5-7-11(10)16(3,14)15/h4-7,9H,8H2,1-3H3. The smallest absolute Gasteiger partial charge is 0.177 e. The number of alkyl halides is 1. The van der Waals surface area contributed by atoms with Crippen molar-refractivity contribution in [2.75, 3.05) is 23.5 Å². The van der Waals surface area contributed by atoms with Crippen LogP contribution in [0.25, 0.3) is 0 Å². The van der Waals surface area contributed by atoms with E-state index in [0.29, 0.717) is 4.90 Å². The van der Waals surface area contributed by atoms with E-state index < -0.39 is 9.84 Å². The molecule has 1 unspecified atom stereocenters. The summed E-state index contributed by atoms with van der Waals surface area (Å²) in [5.41, 5.74) is 0.747. The molecule has 1 atom stereocenters. The summed E-state index contributed by atoms with van der Waals surface area (Å²) in [4.78, 5) is 2.34. The number of halogens is 1. The van der Waals surface area contributed by atoms with Gasteiger partial charge in [-0.25, -0.2) is 8.42 Å². The number of anilines is 1. The summed E-state index contributed by atoms with van der Waals surface area (Å²) in [6.07, 6.45) is 1.23. The van der Waals surface area contributed by atoms with Crippen LogP contribution in [0.15, 0.2) is 29.2 Å². The molecule has 90 valence electrons. The molecule has 0 aliphatic rings. The molecule has 0 saturated heterocycles.